The molecule has 1 aromatic heterocycles. The summed E-state index contributed by atoms with van der Waals surface area (Å²) in [6.45, 7) is 3.51. The maximum Gasteiger partial charge on any atom is 0.336 e. The molecule has 1 aromatic carbocycles. The van der Waals surface area contributed by atoms with Gasteiger partial charge < -0.3 is 9.84 Å². The van der Waals surface area contributed by atoms with E-state index >= 15 is 0 Å². The number of carbonyl (C=O) groups is 1. The van der Waals surface area contributed by atoms with Crippen molar-refractivity contribution in [1.29, 1.82) is 0 Å². The summed E-state index contributed by atoms with van der Waals surface area (Å²) in [6.07, 6.45) is -1.24. The molecule has 0 spiro atoms. The molecule has 0 saturated carbocycles. The Morgan fingerprint density at radius 1 is 1.47 bits per heavy atom. The van der Waals surface area contributed by atoms with Crippen LogP contribution in [-0.4, -0.2) is 23.2 Å². The fraction of sp³-hybridized carbons (Fsp3) is 0.143. The van der Waals surface area contributed by atoms with E-state index in [-0.39, 0.29) is 10.7 Å². The van der Waals surface area contributed by atoms with Crippen LogP contribution in [-0.2, 0) is 9.53 Å². The molecule has 1 atom stereocenters. The number of hydrogen-bond donors (Lipinski definition) is 1. The summed E-state index contributed by atoms with van der Waals surface area (Å²) in [5, 5.41) is 11.1. The fourth-order valence-corrected chi connectivity index (χ4v) is 1.98. The van der Waals surface area contributed by atoms with Crippen LogP contribution in [0.15, 0.2) is 42.5 Å². The van der Waals surface area contributed by atoms with Crippen molar-refractivity contribution in [3.8, 4) is 0 Å². The van der Waals surface area contributed by atoms with Crippen LogP contribution in [0.4, 0.5) is 0 Å². The highest BCUT2D eigenvalue weighted by Crippen LogP contribution is 2.29. The SMILES string of the molecule is C=C(C(=O)OC)[C@H](O)c1cc2ccccc2nc1Cl. The zero-order chi connectivity index (χ0) is 14.0. The molecule has 19 heavy (non-hydrogen) atoms. The number of ether oxygens (including phenoxy) is 1. The van der Waals surface area contributed by atoms with Gasteiger partial charge in [0.2, 0.25) is 0 Å². The van der Waals surface area contributed by atoms with Crippen LogP contribution in [0.2, 0.25) is 5.15 Å². The Labute approximate surface area is 115 Å². The third-order valence-electron chi connectivity index (χ3n) is 2.78. The number of methoxy groups -OCH3 is 1. The Kier molecular flexibility index (Phi) is 3.83. The van der Waals surface area contributed by atoms with Gasteiger partial charge in [0, 0.05) is 10.9 Å². The molecular weight excluding hydrogens is 266 g/mol. The number of rotatable bonds is 3. The van der Waals surface area contributed by atoms with Crippen LogP contribution in [0.25, 0.3) is 10.9 Å². The molecule has 0 amide bonds. The molecule has 0 aliphatic heterocycles. The first-order chi connectivity index (χ1) is 9.04. The Morgan fingerprint density at radius 2 is 2.16 bits per heavy atom. The number of benzene rings is 1. The zero-order valence-electron chi connectivity index (χ0n) is 10.3. The number of hydrogen-bond acceptors (Lipinski definition) is 4. The number of carbonyl (C=O) groups excluding carboxylic acids is 1. The summed E-state index contributed by atoms with van der Waals surface area (Å²) in [5.74, 6) is -0.684. The van der Waals surface area contributed by atoms with Crippen molar-refractivity contribution in [2.24, 2.45) is 0 Å². The van der Waals surface area contributed by atoms with Crippen molar-refractivity contribution in [3.05, 3.63) is 53.2 Å². The number of para-hydroxylation sites is 1. The highest BCUT2D eigenvalue weighted by Gasteiger charge is 2.22. The standard InChI is InChI=1S/C14H12ClNO3/c1-8(14(18)19-2)12(17)10-7-9-5-3-4-6-11(9)16-13(10)15/h3-7,12,17H,1H2,2H3/t12-/m0/s1. The zero-order valence-corrected chi connectivity index (χ0v) is 11.0. The second-order valence-corrected chi connectivity index (χ2v) is 4.34. The molecule has 1 N–H and O–H groups in total. The molecule has 0 saturated heterocycles. The predicted molar refractivity (Wildman–Crippen MR) is 72.9 cm³/mol. The number of pyridine rings is 1. The summed E-state index contributed by atoms with van der Waals surface area (Å²) in [7, 11) is 1.22. The predicted octanol–water partition coefficient (Wildman–Crippen LogP) is 2.65. The molecule has 0 aliphatic carbocycles. The maximum atomic E-state index is 11.4. The van der Waals surface area contributed by atoms with Crippen molar-refractivity contribution >= 4 is 28.5 Å². The highest BCUT2D eigenvalue weighted by atomic mass is 35.5. The largest absolute Gasteiger partial charge is 0.466 e. The van der Waals surface area contributed by atoms with Gasteiger partial charge in [0.1, 0.15) is 11.3 Å². The number of halogens is 1. The number of aliphatic hydroxyl groups excluding tert-OH is 1. The van der Waals surface area contributed by atoms with E-state index in [1.807, 2.05) is 24.3 Å². The van der Waals surface area contributed by atoms with Crippen molar-refractivity contribution < 1.29 is 14.6 Å². The molecule has 5 heteroatoms. The fourth-order valence-electron chi connectivity index (χ4n) is 1.73. The first-order valence-electron chi connectivity index (χ1n) is 5.55. The van der Waals surface area contributed by atoms with E-state index in [0.717, 1.165) is 5.39 Å². The summed E-state index contributed by atoms with van der Waals surface area (Å²) in [5.41, 5.74) is 0.962. The molecule has 0 unspecified atom stereocenters. The van der Waals surface area contributed by atoms with Gasteiger partial charge in [-0.05, 0) is 12.1 Å². The van der Waals surface area contributed by atoms with E-state index < -0.39 is 12.1 Å². The van der Waals surface area contributed by atoms with Gasteiger partial charge in [0.15, 0.2) is 0 Å². The van der Waals surface area contributed by atoms with E-state index in [1.54, 1.807) is 6.07 Å². The first kappa shape index (κ1) is 13.5. The molecule has 0 bridgehead atoms. The molecule has 4 nitrogen and oxygen atoms in total. The molecule has 0 radical (unpaired) electrons. The van der Waals surface area contributed by atoms with E-state index in [0.29, 0.717) is 11.1 Å². The molecule has 2 aromatic rings. The van der Waals surface area contributed by atoms with Gasteiger partial charge in [-0.15, -0.1) is 0 Å². The van der Waals surface area contributed by atoms with E-state index in [1.165, 1.54) is 7.11 Å². The molecule has 0 fully saturated rings. The van der Waals surface area contributed by atoms with E-state index in [2.05, 4.69) is 16.3 Å². The molecule has 0 aliphatic rings. The van der Waals surface area contributed by atoms with Gasteiger partial charge in [0.05, 0.1) is 18.2 Å². The molecular formula is C14H12ClNO3. The number of aliphatic hydroxyl groups is 1. The van der Waals surface area contributed by atoms with Crippen LogP contribution in [0.5, 0.6) is 0 Å². The van der Waals surface area contributed by atoms with Crippen molar-refractivity contribution in [1.82, 2.24) is 4.98 Å². The summed E-state index contributed by atoms with van der Waals surface area (Å²) in [4.78, 5) is 15.5. The molecule has 98 valence electrons. The normalized spacial score (nSPS) is 12.2. The van der Waals surface area contributed by atoms with Crippen LogP contribution in [0.1, 0.15) is 11.7 Å². The topological polar surface area (TPSA) is 59.4 Å². The number of nitrogens with zero attached hydrogens (tertiary/aromatic N) is 1. The minimum Gasteiger partial charge on any atom is -0.466 e. The Hall–Kier alpha value is -1.91. The van der Waals surface area contributed by atoms with Crippen molar-refractivity contribution in [2.75, 3.05) is 7.11 Å². The Balaban J connectivity index is 2.47. The minimum absolute atomic E-state index is 0.0820. The van der Waals surface area contributed by atoms with Gasteiger partial charge in [-0.1, -0.05) is 36.4 Å². The second-order valence-electron chi connectivity index (χ2n) is 3.98. The third-order valence-corrected chi connectivity index (χ3v) is 3.08. The van der Waals surface area contributed by atoms with Gasteiger partial charge in [0.25, 0.3) is 0 Å². The molecule has 1 heterocycles. The third kappa shape index (κ3) is 2.59. The minimum atomic E-state index is -1.24. The number of esters is 1. The Morgan fingerprint density at radius 3 is 2.84 bits per heavy atom. The van der Waals surface area contributed by atoms with E-state index in [9.17, 15) is 9.90 Å². The monoisotopic (exact) mass is 277 g/mol. The summed E-state index contributed by atoms with van der Waals surface area (Å²) >= 11 is 6.03. The average Bonchev–Trinajstić information content (AvgIpc) is 2.44. The van der Waals surface area contributed by atoms with Gasteiger partial charge in [-0.25, -0.2) is 9.78 Å². The van der Waals surface area contributed by atoms with Crippen LogP contribution < -0.4 is 0 Å². The quantitative estimate of drug-likeness (QED) is 0.532. The lowest BCUT2D eigenvalue weighted by molar-refractivity contribution is -0.137. The second kappa shape index (κ2) is 5.38. The summed E-state index contributed by atoms with van der Waals surface area (Å²) in [6, 6.07) is 9.03. The van der Waals surface area contributed by atoms with Crippen LogP contribution >= 0.6 is 11.6 Å². The van der Waals surface area contributed by atoms with Gasteiger partial charge in [-0.3, -0.25) is 0 Å². The lowest BCUT2D eigenvalue weighted by atomic mass is 10.0. The van der Waals surface area contributed by atoms with Gasteiger partial charge >= 0.3 is 5.97 Å². The lowest BCUT2D eigenvalue weighted by Gasteiger charge is -2.14. The van der Waals surface area contributed by atoms with Gasteiger partial charge in [-0.2, -0.15) is 0 Å². The van der Waals surface area contributed by atoms with Crippen LogP contribution in [0, 0.1) is 0 Å². The van der Waals surface area contributed by atoms with Crippen molar-refractivity contribution in [2.45, 2.75) is 6.10 Å². The maximum absolute atomic E-state index is 11.4. The van der Waals surface area contributed by atoms with Crippen molar-refractivity contribution in [3.63, 3.8) is 0 Å². The number of fused-ring (bicyclic) bond motifs is 1. The molecule has 2 rings (SSSR count). The van der Waals surface area contributed by atoms with E-state index in [4.69, 9.17) is 11.6 Å². The summed E-state index contributed by atoms with van der Waals surface area (Å²) < 4.78 is 4.52. The van der Waals surface area contributed by atoms with Crippen LogP contribution in [0.3, 0.4) is 0 Å². The average molecular weight is 278 g/mol. The lowest BCUT2D eigenvalue weighted by Crippen LogP contribution is -2.12. The number of aromatic nitrogens is 1. The first-order valence-corrected chi connectivity index (χ1v) is 5.92. The highest BCUT2D eigenvalue weighted by molar-refractivity contribution is 6.30. The smallest absolute Gasteiger partial charge is 0.336 e. The Bertz CT molecular complexity index is 654.